The quantitative estimate of drug-likeness (QED) is 0.298. The number of anilines is 1. The maximum Gasteiger partial charge on any atom is 0.338 e. The first-order valence-corrected chi connectivity index (χ1v) is 8.18. The minimum Gasteiger partial charge on any atom is -0.452 e. The molecule has 2 rings (SSSR count). The Morgan fingerprint density at radius 1 is 1.31 bits per heavy atom. The number of ether oxygens (including phenoxy) is 1. The Kier molecular flexibility index (Phi) is 6.48. The SMILES string of the molecule is C=CCN(CC=C)C(=O)COC(=O)c1ccc(NC2CC2)c([N+](=O)[O-])c1. The molecular formula is C18H21N3O5. The summed E-state index contributed by atoms with van der Waals surface area (Å²) in [7, 11) is 0. The van der Waals surface area contributed by atoms with Gasteiger partial charge in [-0.05, 0) is 25.0 Å². The average molecular weight is 359 g/mol. The standard InChI is InChI=1S/C18H21N3O5/c1-3-9-20(10-4-2)17(22)12-26-18(23)13-5-8-15(19-14-6-7-14)16(11-13)21(24)25/h3-5,8,11,14,19H,1-2,6-7,9-10,12H2. The van der Waals surface area contributed by atoms with Gasteiger partial charge in [0.05, 0.1) is 10.5 Å². The van der Waals surface area contributed by atoms with Crippen LogP contribution in [0.3, 0.4) is 0 Å². The molecule has 0 aromatic heterocycles. The summed E-state index contributed by atoms with van der Waals surface area (Å²) < 4.78 is 4.99. The third kappa shape index (κ3) is 5.17. The van der Waals surface area contributed by atoms with Gasteiger partial charge in [0.25, 0.3) is 11.6 Å². The fraction of sp³-hybridized carbons (Fsp3) is 0.333. The van der Waals surface area contributed by atoms with Gasteiger partial charge in [-0.25, -0.2) is 4.79 Å². The van der Waals surface area contributed by atoms with Crippen molar-refractivity contribution in [3.63, 3.8) is 0 Å². The van der Waals surface area contributed by atoms with Gasteiger partial charge in [-0.2, -0.15) is 0 Å². The van der Waals surface area contributed by atoms with Gasteiger partial charge in [0, 0.05) is 25.2 Å². The second-order valence-corrected chi connectivity index (χ2v) is 5.86. The van der Waals surface area contributed by atoms with Gasteiger partial charge >= 0.3 is 5.97 Å². The summed E-state index contributed by atoms with van der Waals surface area (Å²) in [5, 5.41) is 14.3. The van der Waals surface area contributed by atoms with Gasteiger partial charge in [0.15, 0.2) is 6.61 Å². The van der Waals surface area contributed by atoms with Crippen LogP contribution in [0.5, 0.6) is 0 Å². The minimum absolute atomic E-state index is 0.0184. The number of nitrogens with zero attached hydrogens (tertiary/aromatic N) is 2. The molecule has 1 aliphatic carbocycles. The van der Waals surface area contributed by atoms with Crippen LogP contribution in [0.25, 0.3) is 0 Å². The topological polar surface area (TPSA) is 102 Å². The Bertz CT molecular complexity index is 718. The van der Waals surface area contributed by atoms with E-state index in [1.807, 2.05) is 0 Å². The molecule has 26 heavy (non-hydrogen) atoms. The molecule has 8 heteroatoms. The van der Waals surface area contributed by atoms with E-state index in [9.17, 15) is 19.7 Å². The van der Waals surface area contributed by atoms with Gasteiger partial charge in [0.1, 0.15) is 5.69 Å². The number of nitro groups is 1. The molecule has 1 aliphatic rings. The van der Waals surface area contributed by atoms with Crippen LogP contribution in [0.1, 0.15) is 23.2 Å². The van der Waals surface area contributed by atoms with Crippen molar-refractivity contribution in [3.8, 4) is 0 Å². The van der Waals surface area contributed by atoms with Crippen LogP contribution in [0.2, 0.25) is 0 Å². The van der Waals surface area contributed by atoms with E-state index in [-0.39, 0.29) is 17.3 Å². The number of nitro benzene ring substituents is 1. The molecule has 0 bridgehead atoms. The van der Waals surface area contributed by atoms with E-state index in [4.69, 9.17) is 4.74 Å². The van der Waals surface area contributed by atoms with Crippen molar-refractivity contribution in [2.24, 2.45) is 0 Å². The van der Waals surface area contributed by atoms with E-state index in [1.165, 1.54) is 17.0 Å². The van der Waals surface area contributed by atoms with Crippen molar-refractivity contribution in [3.05, 3.63) is 59.2 Å². The largest absolute Gasteiger partial charge is 0.452 e. The maximum absolute atomic E-state index is 12.1. The molecular weight excluding hydrogens is 338 g/mol. The molecule has 0 saturated heterocycles. The third-order valence-electron chi connectivity index (χ3n) is 3.75. The Morgan fingerprint density at radius 2 is 1.96 bits per heavy atom. The predicted molar refractivity (Wildman–Crippen MR) is 97.0 cm³/mol. The molecule has 8 nitrogen and oxygen atoms in total. The number of carbonyl (C=O) groups excluding carboxylic acids is 2. The molecule has 0 radical (unpaired) electrons. The number of esters is 1. The number of nitrogens with one attached hydrogen (secondary N) is 1. The van der Waals surface area contributed by atoms with Gasteiger partial charge in [-0.1, -0.05) is 12.2 Å². The van der Waals surface area contributed by atoms with Crippen molar-refractivity contribution < 1.29 is 19.2 Å². The van der Waals surface area contributed by atoms with E-state index >= 15 is 0 Å². The van der Waals surface area contributed by atoms with E-state index < -0.39 is 23.4 Å². The summed E-state index contributed by atoms with van der Waals surface area (Å²) >= 11 is 0. The Morgan fingerprint density at radius 3 is 2.50 bits per heavy atom. The molecule has 1 fully saturated rings. The highest BCUT2D eigenvalue weighted by Crippen LogP contribution is 2.31. The van der Waals surface area contributed by atoms with Crippen molar-refractivity contribution in [2.45, 2.75) is 18.9 Å². The molecule has 1 aromatic carbocycles. The molecule has 1 amide bonds. The molecule has 0 heterocycles. The van der Waals surface area contributed by atoms with Crippen LogP contribution in [0, 0.1) is 10.1 Å². The lowest BCUT2D eigenvalue weighted by Gasteiger charge is -2.18. The molecule has 1 N–H and O–H groups in total. The van der Waals surface area contributed by atoms with Crippen LogP contribution >= 0.6 is 0 Å². The zero-order valence-electron chi connectivity index (χ0n) is 14.3. The lowest BCUT2D eigenvalue weighted by Crippen LogP contribution is -2.35. The first kappa shape index (κ1) is 19.2. The van der Waals surface area contributed by atoms with Gasteiger partial charge < -0.3 is 15.0 Å². The number of rotatable bonds is 10. The second-order valence-electron chi connectivity index (χ2n) is 5.86. The molecule has 0 unspecified atom stereocenters. The van der Waals surface area contributed by atoms with E-state index in [0.29, 0.717) is 18.8 Å². The van der Waals surface area contributed by atoms with Crippen LogP contribution in [-0.4, -0.2) is 47.4 Å². The zero-order valence-corrected chi connectivity index (χ0v) is 14.3. The molecule has 138 valence electrons. The molecule has 0 aliphatic heterocycles. The smallest absolute Gasteiger partial charge is 0.338 e. The fourth-order valence-corrected chi connectivity index (χ4v) is 2.27. The van der Waals surface area contributed by atoms with E-state index in [0.717, 1.165) is 18.9 Å². The first-order valence-electron chi connectivity index (χ1n) is 8.18. The fourth-order valence-electron chi connectivity index (χ4n) is 2.27. The summed E-state index contributed by atoms with van der Waals surface area (Å²) in [6, 6.07) is 4.32. The van der Waals surface area contributed by atoms with Crippen molar-refractivity contribution in [1.29, 1.82) is 0 Å². The minimum atomic E-state index is -0.795. The summed E-state index contributed by atoms with van der Waals surface area (Å²) in [6.07, 6.45) is 5.04. The summed E-state index contributed by atoms with van der Waals surface area (Å²) in [5.41, 5.74) is 0.190. The molecule has 0 spiro atoms. The highest BCUT2D eigenvalue weighted by atomic mass is 16.6. The molecule has 1 aromatic rings. The van der Waals surface area contributed by atoms with Gasteiger partial charge in [-0.3, -0.25) is 14.9 Å². The van der Waals surface area contributed by atoms with Crippen LogP contribution in [-0.2, 0) is 9.53 Å². The predicted octanol–water partition coefficient (Wildman–Crippen LogP) is 2.53. The Labute approximate surface area is 151 Å². The highest BCUT2D eigenvalue weighted by molar-refractivity contribution is 5.93. The number of amides is 1. The summed E-state index contributed by atoms with van der Waals surface area (Å²) in [5.74, 6) is -1.20. The third-order valence-corrected chi connectivity index (χ3v) is 3.75. The number of hydrogen-bond acceptors (Lipinski definition) is 6. The monoisotopic (exact) mass is 359 g/mol. The van der Waals surface area contributed by atoms with Gasteiger partial charge in [-0.15, -0.1) is 13.2 Å². The molecule has 1 saturated carbocycles. The average Bonchev–Trinajstić information content (AvgIpc) is 3.43. The van der Waals surface area contributed by atoms with Gasteiger partial charge in [0.2, 0.25) is 0 Å². The summed E-state index contributed by atoms with van der Waals surface area (Å²) in [6.45, 7) is 7.26. The number of hydrogen-bond donors (Lipinski definition) is 1. The Balaban J connectivity index is 2.03. The van der Waals surface area contributed by atoms with E-state index in [1.54, 1.807) is 12.2 Å². The highest BCUT2D eigenvalue weighted by Gasteiger charge is 2.26. The van der Waals surface area contributed by atoms with Crippen molar-refractivity contribution in [2.75, 3.05) is 25.0 Å². The van der Waals surface area contributed by atoms with Crippen molar-refractivity contribution in [1.82, 2.24) is 4.90 Å². The number of carbonyl (C=O) groups is 2. The summed E-state index contributed by atoms with van der Waals surface area (Å²) in [4.78, 5) is 36.3. The maximum atomic E-state index is 12.1. The first-order chi connectivity index (χ1) is 12.5. The second kappa shape index (κ2) is 8.80. The Hall–Kier alpha value is -3.16. The number of benzene rings is 1. The van der Waals surface area contributed by atoms with E-state index in [2.05, 4.69) is 18.5 Å². The van der Waals surface area contributed by atoms with Crippen LogP contribution < -0.4 is 5.32 Å². The van der Waals surface area contributed by atoms with Crippen molar-refractivity contribution >= 4 is 23.3 Å². The normalized spacial score (nSPS) is 12.8. The molecule has 0 atom stereocenters. The lowest BCUT2D eigenvalue weighted by atomic mass is 10.1. The zero-order chi connectivity index (χ0) is 19.1. The van der Waals surface area contributed by atoms with Crippen LogP contribution in [0.15, 0.2) is 43.5 Å². The van der Waals surface area contributed by atoms with Crippen LogP contribution in [0.4, 0.5) is 11.4 Å². The lowest BCUT2D eigenvalue weighted by molar-refractivity contribution is -0.384.